The number of hydrogen-bond acceptors (Lipinski definition) is 5. The van der Waals surface area contributed by atoms with E-state index in [1.807, 2.05) is 32.0 Å². The first kappa shape index (κ1) is 18.3. The molecular formula is C19H21NO5. The lowest BCUT2D eigenvalue weighted by atomic mass is 10.1. The molecule has 2 N–H and O–H groups in total. The Labute approximate surface area is 146 Å². The fraction of sp³-hybridized carbons (Fsp3) is 0.263. The number of rotatable bonds is 5. The fourth-order valence-electron chi connectivity index (χ4n) is 2.37. The van der Waals surface area contributed by atoms with Crippen molar-refractivity contribution < 1.29 is 24.5 Å². The minimum atomic E-state index is -0.828. The van der Waals surface area contributed by atoms with Crippen molar-refractivity contribution >= 4 is 11.9 Å². The molecule has 2 rings (SSSR count). The summed E-state index contributed by atoms with van der Waals surface area (Å²) in [6.45, 7) is 3.96. The zero-order valence-corrected chi connectivity index (χ0v) is 14.4. The van der Waals surface area contributed by atoms with Crippen molar-refractivity contribution in [1.29, 1.82) is 0 Å². The molecular weight excluding hydrogens is 322 g/mol. The van der Waals surface area contributed by atoms with Gasteiger partial charge in [0.1, 0.15) is 17.1 Å². The molecule has 0 bridgehead atoms. The summed E-state index contributed by atoms with van der Waals surface area (Å²) in [7, 11) is 1.63. The van der Waals surface area contributed by atoms with Gasteiger partial charge in [-0.1, -0.05) is 23.8 Å². The Bertz CT molecular complexity index is 800. The lowest BCUT2D eigenvalue weighted by molar-refractivity contribution is -0.133. The first-order chi connectivity index (χ1) is 11.8. The highest BCUT2D eigenvalue weighted by Gasteiger charge is 2.17. The normalized spacial score (nSPS) is 10.4. The molecule has 0 spiro atoms. The number of amides is 1. The maximum atomic E-state index is 12.1. The fourth-order valence-corrected chi connectivity index (χ4v) is 2.37. The van der Waals surface area contributed by atoms with Crippen LogP contribution in [0.15, 0.2) is 36.4 Å². The van der Waals surface area contributed by atoms with E-state index in [9.17, 15) is 19.8 Å². The van der Waals surface area contributed by atoms with Crippen LogP contribution in [0.5, 0.6) is 11.5 Å². The summed E-state index contributed by atoms with van der Waals surface area (Å²) >= 11 is 0. The smallest absolute Gasteiger partial charge is 0.342 e. The van der Waals surface area contributed by atoms with Gasteiger partial charge in [0, 0.05) is 19.7 Å². The van der Waals surface area contributed by atoms with Crippen LogP contribution in [0.2, 0.25) is 0 Å². The Morgan fingerprint density at radius 1 is 1.08 bits per heavy atom. The highest BCUT2D eigenvalue weighted by molar-refractivity contribution is 5.94. The van der Waals surface area contributed by atoms with Crippen molar-refractivity contribution in [2.45, 2.75) is 20.4 Å². The number of nitrogens with zero attached hydrogens (tertiary/aromatic N) is 1. The van der Waals surface area contributed by atoms with Gasteiger partial charge in [-0.25, -0.2) is 4.79 Å². The molecule has 6 heteroatoms. The number of esters is 1. The molecule has 0 atom stereocenters. The predicted molar refractivity (Wildman–Crippen MR) is 92.4 cm³/mol. The van der Waals surface area contributed by atoms with E-state index in [0.29, 0.717) is 6.54 Å². The Morgan fingerprint density at radius 2 is 1.80 bits per heavy atom. The van der Waals surface area contributed by atoms with Gasteiger partial charge >= 0.3 is 5.97 Å². The summed E-state index contributed by atoms with van der Waals surface area (Å²) < 4.78 is 4.95. The third-order valence-electron chi connectivity index (χ3n) is 3.86. The van der Waals surface area contributed by atoms with Crippen LogP contribution in [-0.2, 0) is 16.1 Å². The second-order valence-electron chi connectivity index (χ2n) is 5.96. The van der Waals surface area contributed by atoms with Gasteiger partial charge in [0.15, 0.2) is 6.61 Å². The number of hydrogen-bond donors (Lipinski definition) is 2. The number of phenolic OH excluding ortho intramolecular Hbond substituents is 2. The minimum absolute atomic E-state index is 0.109. The van der Waals surface area contributed by atoms with Gasteiger partial charge in [-0.05, 0) is 37.1 Å². The summed E-state index contributed by atoms with van der Waals surface area (Å²) in [4.78, 5) is 25.5. The van der Waals surface area contributed by atoms with Gasteiger partial charge in [0.25, 0.3) is 5.91 Å². The maximum Gasteiger partial charge on any atom is 0.342 e. The molecule has 0 aromatic heterocycles. The molecule has 0 aliphatic heterocycles. The summed E-state index contributed by atoms with van der Waals surface area (Å²) in [6.07, 6.45) is 0. The van der Waals surface area contributed by atoms with E-state index in [1.165, 1.54) is 17.0 Å². The van der Waals surface area contributed by atoms with Crippen LogP contribution < -0.4 is 0 Å². The summed E-state index contributed by atoms with van der Waals surface area (Å²) in [5.74, 6) is -1.75. The monoisotopic (exact) mass is 343 g/mol. The second-order valence-corrected chi connectivity index (χ2v) is 5.96. The van der Waals surface area contributed by atoms with E-state index in [1.54, 1.807) is 7.05 Å². The first-order valence-electron chi connectivity index (χ1n) is 7.77. The number of ether oxygens (including phenoxy) is 1. The SMILES string of the molecule is Cc1ccc(CN(C)C(=O)COC(=O)c2ccc(O)cc2O)c(C)c1. The van der Waals surface area contributed by atoms with Crippen molar-refractivity contribution in [1.82, 2.24) is 4.90 Å². The summed E-state index contributed by atoms with van der Waals surface area (Å²) in [6, 6.07) is 9.51. The second kappa shape index (κ2) is 7.70. The number of aromatic hydroxyl groups is 2. The van der Waals surface area contributed by atoms with E-state index in [2.05, 4.69) is 0 Å². The topological polar surface area (TPSA) is 87.1 Å². The van der Waals surface area contributed by atoms with Crippen molar-refractivity contribution in [3.63, 3.8) is 0 Å². The first-order valence-corrected chi connectivity index (χ1v) is 7.77. The number of aryl methyl sites for hydroxylation is 2. The van der Waals surface area contributed by atoms with Crippen LogP contribution in [0.4, 0.5) is 0 Å². The van der Waals surface area contributed by atoms with Gasteiger partial charge in [-0.3, -0.25) is 4.79 Å². The Kier molecular flexibility index (Phi) is 5.64. The number of carbonyl (C=O) groups is 2. The third-order valence-corrected chi connectivity index (χ3v) is 3.86. The number of carbonyl (C=O) groups excluding carboxylic acids is 2. The molecule has 2 aromatic rings. The molecule has 0 saturated carbocycles. The van der Waals surface area contributed by atoms with E-state index in [0.717, 1.165) is 22.8 Å². The van der Waals surface area contributed by atoms with Crippen molar-refractivity contribution in [2.24, 2.45) is 0 Å². The lowest BCUT2D eigenvalue weighted by Gasteiger charge is -2.18. The molecule has 0 aliphatic rings. The summed E-state index contributed by atoms with van der Waals surface area (Å²) in [5, 5.41) is 18.8. The van der Waals surface area contributed by atoms with Gasteiger partial charge in [-0.15, -0.1) is 0 Å². The summed E-state index contributed by atoms with van der Waals surface area (Å²) in [5.41, 5.74) is 3.15. The largest absolute Gasteiger partial charge is 0.508 e. The highest BCUT2D eigenvalue weighted by Crippen LogP contribution is 2.23. The van der Waals surface area contributed by atoms with E-state index in [4.69, 9.17) is 4.74 Å². The molecule has 6 nitrogen and oxygen atoms in total. The zero-order chi connectivity index (χ0) is 18.6. The van der Waals surface area contributed by atoms with Gasteiger partial charge in [-0.2, -0.15) is 0 Å². The minimum Gasteiger partial charge on any atom is -0.508 e. The lowest BCUT2D eigenvalue weighted by Crippen LogP contribution is -2.31. The maximum absolute atomic E-state index is 12.1. The Morgan fingerprint density at radius 3 is 2.44 bits per heavy atom. The van der Waals surface area contributed by atoms with Gasteiger partial charge in [0.2, 0.25) is 0 Å². The molecule has 0 saturated heterocycles. The molecule has 1 amide bonds. The Hall–Kier alpha value is -3.02. The van der Waals surface area contributed by atoms with E-state index >= 15 is 0 Å². The third kappa shape index (κ3) is 4.73. The van der Waals surface area contributed by atoms with Crippen molar-refractivity contribution in [3.8, 4) is 11.5 Å². The zero-order valence-electron chi connectivity index (χ0n) is 14.4. The van der Waals surface area contributed by atoms with Crippen LogP contribution in [0.1, 0.15) is 27.0 Å². The predicted octanol–water partition coefficient (Wildman–Crippen LogP) is 2.53. The molecule has 25 heavy (non-hydrogen) atoms. The average Bonchev–Trinajstić information content (AvgIpc) is 2.54. The molecule has 0 unspecified atom stereocenters. The quantitative estimate of drug-likeness (QED) is 0.815. The molecule has 0 aliphatic carbocycles. The number of phenols is 2. The number of benzene rings is 2. The van der Waals surface area contributed by atoms with Crippen molar-refractivity contribution in [2.75, 3.05) is 13.7 Å². The highest BCUT2D eigenvalue weighted by atomic mass is 16.5. The van der Waals surface area contributed by atoms with Crippen LogP contribution in [0.3, 0.4) is 0 Å². The molecule has 132 valence electrons. The van der Waals surface area contributed by atoms with Crippen LogP contribution >= 0.6 is 0 Å². The molecule has 2 aromatic carbocycles. The van der Waals surface area contributed by atoms with Crippen LogP contribution in [0, 0.1) is 13.8 Å². The van der Waals surface area contributed by atoms with Crippen molar-refractivity contribution in [3.05, 3.63) is 58.7 Å². The van der Waals surface area contributed by atoms with Crippen LogP contribution in [-0.4, -0.2) is 40.6 Å². The van der Waals surface area contributed by atoms with Gasteiger partial charge in [0.05, 0.1) is 0 Å². The molecule has 0 radical (unpaired) electrons. The van der Waals surface area contributed by atoms with E-state index < -0.39 is 18.3 Å². The van der Waals surface area contributed by atoms with Crippen LogP contribution in [0.25, 0.3) is 0 Å². The average molecular weight is 343 g/mol. The Balaban J connectivity index is 1.93. The molecule has 0 fully saturated rings. The number of likely N-dealkylation sites (N-methyl/N-ethyl adjacent to an activating group) is 1. The van der Waals surface area contributed by atoms with Gasteiger partial charge < -0.3 is 19.8 Å². The molecule has 0 heterocycles. The van der Waals surface area contributed by atoms with E-state index in [-0.39, 0.29) is 17.2 Å². The standard InChI is InChI=1S/C19H21NO5/c1-12-4-5-14(13(2)8-12)10-20(3)18(23)11-25-19(24)16-7-6-15(21)9-17(16)22/h4-9,21-22H,10-11H2,1-3H3.